The summed E-state index contributed by atoms with van der Waals surface area (Å²) in [5.74, 6) is 1.77. The Morgan fingerprint density at radius 2 is 1.87 bits per heavy atom. The van der Waals surface area contributed by atoms with Crippen LogP contribution in [-0.4, -0.2) is 29.0 Å². The standard InChI is InChI=1S/C22H27N5O2.HI/c1-3-28-19-9-10-21(29-4-2)20(14-19)26-22(23)24-15-17-7-5-8-18(13-17)16-27-12-6-11-25-27;/h5-14H,3-4,15-16H2,1-2H3,(H3,23,24,26);1H. The SMILES string of the molecule is CCOc1ccc(OCC)c(NC(N)=NCc2cccc(Cn3cccn3)c2)c1.I. The quantitative estimate of drug-likeness (QED) is 0.250. The fourth-order valence-corrected chi connectivity index (χ4v) is 2.91. The summed E-state index contributed by atoms with van der Waals surface area (Å²) >= 11 is 0. The predicted molar refractivity (Wildman–Crippen MR) is 131 cm³/mol. The van der Waals surface area contributed by atoms with Gasteiger partial charge < -0.3 is 20.5 Å². The maximum atomic E-state index is 6.12. The number of nitrogens with zero attached hydrogens (tertiary/aromatic N) is 3. The molecule has 2 aromatic carbocycles. The average Bonchev–Trinajstić information content (AvgIpc) is 3.22. The van der Waals surface area contributed by atoms with E-state index in [-0.39, 0.29) is 24.0 Å². The highest BCUT2D eigenvalue weighted by molar-refractivity contribution is 14.0. The van der Waals surface area contributed by atoms with E-state index < -0.39 is 0 Å². The largest absolute Gasteiger partial charge is 0.494 e. The highest BCUT2D eigenvalue weighted by Gasteiger charge is 2.07. The van der Waals surface area contributed by atoms with Crippen LogP contribution in [0.4, 0.5) is 5.69 Å². The van der Waals surface area contributed by atoms with E-state index in [2.05, 4.69) is 27.5 Å². The Kier molecular flexibility index (Phi) is 9.46. The summed E-state index contributed by atoms with van der Waals surface area (Å²) in [6.07, 6.45) is 3.72. The number of nitrogens with one attached hydrogen (secondary N) is 1. The third-order valence-electron chi connectivity index (χ3n) is 4.15. The number of ether oxygens (including phenoxy) is 2. The van der Waals surface area contributed by atoms with Crippen LogP contribution in [0.3, 0.4) is 0 Å². The topological polar surface area (TPSA) is 86.7 Å². The van der Waals surface area contributed by atoms with Crippen LogP contribution in [0, 0.1) is 0 Å². The molecule has 1 aromatic heterocycles. The number of rotatable bonds is 9. The Bertz CT molecular complexity index is 944. The van der Waals surface area contributed by atoms with E-state index >= 15 is 0 Å². The van der Waals surface area contributed by atoms with E-state index in [9.17, 15) is 0 Å². The molecule has 0 spiro atoms. The Morgan fingerprint density at radius 1 is 1.07 bits per heavy atom. The van der Waals surface area contributed by atoms with Crippen LogP contribution in [0.15, 0.2) is 65.9 Å². The van der Waals surface area contributed by atoms with Crippen LogP contribution >= 0.6 is 24.0 Å². The van der Waals surface area contributed by atoms with Crippen molar-refractivity contribution >= 4 is 35.6 Å². The van der Waals surface area contributed by atoms with Crippen molar-refractivity contribution in [3.8, 4) is 11.5 Å². The first kappa shape index (κ1) is 23.5. The highest BCUT2D eigenvalue weighted by Crippen LogP contribution is 2.29. The molecule has 30 heavy (non-hydrogen) atoms. The van der Waals surface area contributed by atoms with Crippen LogP contribution < -0.4 is 20.5 Å². The summed E-state index contributed by atoms with van der Waals surface area (Å²) in [6.45, 7) is 6.23. The van der Waals surface area contributed by atoms with Crippen LogP contribution in [0.5, 0.6) is 11.5 Å². The van der Waals surface area contributed by atoms with Crippen molar-refractivity contribution in [1.82, 2.24) is 9.78 Å². The van der Waals surface area contributed by atoms with Gasteiger partial charge in [-0.3, -0.25) is 4.68 Å². The van der Waals surface area contributed by atoms with Crippen molar-refractivity contribution in [1.29, 1.82) is 0 Å². The number of benzene rings is 2. The van der Waals surface area contributed by atoms with Crippen molar-refractivity contribution in [3.63, 3.8) is 0 Å². The van der Waals surface area contributed by atoms with E-state index in [4.69, 9.17) is 15.2 Å². The summed E-state index contributed by atoms with van der Waals surface area (Å²) in [5.41, 5.74) is 9.09. The number of nitrogens with two attached hydrogens (primary N) is 1. The zero-order valence-corrected chi connectivity index (χ0v) is 19.6. The van der Waals surface area contributed by atoms with Gasteiger partial charge in [0.05, 0.1) is 32.0 Å². The number of hydrogen-bond donors (Lipinski definition) is 2. The van der Waals surface area contributed by atoms with Crippen molar-refractivity contribution in [3.05, 3.63) is 72.1 Å². The smallest absolute Gasteiger partial charge is 0.193 e. The van der Waals surface area contributed by atoms with E-state index in [1.807, 2.05) is 61.1 Å². The fourth-order valence-electron chi connectivity index (χ4n) is 2.91. The van der Waals surface area contributed by atoms with Gasteiger partial charge in [0.2, 0.25) is 0 Å². The molecule has 0 aliphatic heterocycles. The van der Waals surface area contributed by atoms with E-state index in [1.54, 1.807) is 6.20 Å². The number of halogens is 1. The number of aromatic nitrogens is 2. The molecule has 3 aromatic rings. The van der Waals surface area contributed by atoms with Crippen LogP contribution in [-0.2, 0) is 13.1 Å². The third-order valence-corrected chi connectivity index (χ3v) is 4.15. The summed E-state index contributed by atoms with van der Waals surface area (Å²) in [5, 5.41) is 7.37. The number of guanidine groups is 1. The van der Waals surface area contributed by atoms with Gasteiger partial charge >= 0.3 is 0 Å². The molecule has 3 rings (SSSR count). The van der Waals surface area contributed by atoms with Gasteiger partial charge in [-0.15, -0.1) is 24.0 Å². The molecule has 7 nitrogen and oxygen atoms in total. The lowest BCUT2D eigenvalue weighted by Gasteiger charge is -2.14. The molecule has 0 aliphatic rings. The van der Waals surface area contributed by atoms with Gasteiger partial charge in [-0.1, -0.05) is 24.3 Å². The zero-order chi connectivity index (χ0) is 20.5. The molecule has 0 radical (unpaired) electrons. The molecule has 0 saturated heterocycles. The molecule has 160 valence electrons. The maximum Gasteiger partial charge on any atom is 0.193 e. The summed E-state index contributed by atoms with van der Waals surface area (Å²) in [6, 6.07) is 15.8. The van der Waals surface area contributed by atoms with Gasteiger partial charge in [0.1, 0.15) is 11.5 Å². The van der Waals surface area contributed by atoms with Crippen LogP contribution in [0.2, 0.25) is 0 Å². The molecule has 0 saturated carbocycles. The van der Waals surface area contributed by atoms with Crippen molar-refractivity contribution in [2.24, 2.45) is 10.7 Å². The lowest BCUT2D eigenvalue weighted by Crippen LogP contribution is -2.23. The van der Waals surface area contributed by atoms with Gasteiger partial charge in [-0.2, -0.15) is 5.10 Å². The third kappa shape index (κ3) is 6.94. The number of aliphatic imine (C=N–C) groups is 1. The Hall–Kier alpha value is -2.75. The number of hydrogen-bond acceptors (Lipinski definition) is 4. The molecular formula is C22H28IN5O2. The summed E-state index contributed by atoms with van der Waals surface area (Å²) < 4.78 is 13.1. The van der Waals surface area contributed by atoms with Gasteiger partial charge in [0, 0.05) is 18.5 Å². The van der Waals surface area contributed by atoms with Gasteiger partial charge in [-0.05, 0) is 43.2 Å². The van der Waals surface area contributed by atoms with Crippen LogP contribution in [0.1, 0.15) is 25.0 Å². The predicted octanol–water partition coefficient (Wildman–Crippen LogP) is 4.27. The van der Waals surface area contributed by atoms with Crippen molar-refractivity contribution in [2.75, 3.05) is 18.5 Å². The van der Waals surface area contributed by atoms with Crippen molar-refractivity contribution < 1.29 is 9.47 Å². The first-order valence-corrected chi connectivity index (χ1v) is 9.69. The van der Waals surface area contributed by atoms with E-state index in [1.165, 1.54) is 0 Å². The number of anilines is 1. The maximum absolute atomic E-state index is 6.12. The van der Waals surface area contributed by atoms with Gasteiger partial charge in [0.15, 0.2) is 5.96 Å². The molecular weight excluding hydrogens is 493 g/mol. The lowest BCUT2D eigenvalue weighted by molar-refractivity contribution is 0.332. The van der Waals surface area contributed by atoms with E-state index in [0.29, 0.717) is 31.5 Å². The normalized spacial score (nSPS) is 10.9. The van der Waals surface area contributed by atoms with Gasteiger partial charge in [0.25, 0.3) is 0 Å². The first-order valence-electron chi connectivity index (χ1n) is 9.69. The Labute approximate surface area is 194 Å². The molecule has 0 amide bonds. The molecule has 0 fully saturated rings. The van der Waals surface area contributed by atoms with Crippen LogP contribution in [0.25, 0.3) is 0 Å². The molecule has 0 aliphatic carbocycles. The monoisotopic (exact) mass is 521 g/mol. The molecule has 1 heterocycles. The highest BCUT2D eigenvalue weighted by atomic mass is 127. The lowest BCUT2D eigenvalue weighted by atomic mass is 10.1. The van der Waals surface area contributed by atoms with Crippen molar-refractivity contribution in [2.45, 2.75) is 26.9 Å². The summed E-state index contributed by atoms with van der Waals surface area (Å²) in [4.78, 5) is 4.47. The van der Waals surface area contributed by atoms with E-state index in [0.717, 1.165) is 29.1 Å². The second-order valence-electron chi connectivity index (χ2n) is 6.37. The molecule has 0 atom stereocenters. The molecule has 0 bridgehead atoms. The average molecular weight is 521 g/mol. The minimum absolute atomic E-state index is 0. The summed E-state index contributed by atoms with van der Waals surface area (Å²) in [7, 11) is 0. The minimum atomic E-state index is 0. The second kappa shape index (κ2) is 12.1. The Morgan fingerprint density at radius 3 is 2.60 bits per heavy atom. The molecule has 8 heteroatoms. The zero-order valence-electron chi connectivity index (χ0n) is 17.2. The molecule has 0 unspecified atom stereocenters. The first-order chi connectivity index (χ1) is 14.2. The minimum Gasteiger partial charge on any atom is -0.494 e. The Balaban J connectivity index is 0.00000320. The van der Waals surface area contributed by atoms with Gasteiger partial charge in [-0.25, -0.2) is 4.99 Å². The second-order valence-corrected chi connectivity index (χ2v) is 6.37. The fraction of sp³-hybridized carbons (Fsp3) is 0.273. The molecule has 3 N–H and O–H groups in total.